The summed E-state index contributed by atoms with van der Waals surface area (Å²) in [5, 5.41) is 29.1. The van der Waals surface area contributed by atoms with E-state index >= 15 is 0 Å². The van der Waals surface area contributed by atoms with E-state index in [1.54, 1.807) is 6.07 Å². The molecule has 0 spiro atoms. The molecular weight excluding hydrogens is 442 g/mol. The summed E-state index contributed by atoms with van der Waals surface area (Å²) in [5.41, 5.74) is 6.28. The van der Waals surface area contributed by atoms with E-state index < -0.39 is 26.7 Å². The quantitative estimate of drug-likeness (QED) is 0.171. The minimum Gasteiger partial charge on any atom is -0.395 e. The molecule has 2 aliphatic heterocycles. The molecule has 174 valence electrons. The molecule has 13 heteroatoms. The van der Waals surface area contributed by atoms with Crippen molar-refractivity contribution in [1.82, 2.24) is 15.5 Å². The number of amidine groups is 1. The first-order chi connectivity index (χ1) is 14.7. The van der Waals surface area contributed by atoms with Crippen molar-refractivity contribution in [2.24, 2.45) is 10.9 Å². The van der Waals surface area contributed by atoms with Crippen molar-refractivity contribution in [3.05, 3.63) is 17.7 Å². The van der Waals surface area contributed by atoms with E-state index in [0.717, 1.165) is 19.5 Å². The predicted molar refractivity (Wildman–Crippen MR) is 120 cm³/mol. The van der Waals surface area contributed by atoms with E-state index in [2.05, 4.69) is 15.5 Å². The SMILES string of the molecule is N=C(N)c1c(N2CCN(CCO)CC2)ccc(S(=O)CN[C@@H]2CCNC2)c1S(N)(=O)=O. The number of nitrogens with zero attached hydrogens (tertiary/aromatic N) is 2. The Hall–Kier alpha value is -1.61. The van der Waals surface area contributed by atoms with E-state index in [0.29, 0.717) is 38.4 Å². The number of aliphatic hydroxyl groups is 1. The van der Waals surface area contributed by atoms with Crippen LogP contribution in [0.1, 0.15) is 12.0 Å². The summed E-state index contributed by atoms with van der Waals surface area (Å²) in [4.78, 5) is 3.74. The molecule has 0 saturated carbocycles. The molecule has 2 heterocycles. The number of sulfonamides is 1. The number of nitrogen functional groups attached to an aromatic ring is 1. The molecule has 2 saturated heterocycles. The Balaban J connectivity index is 1.93. The highest BCUT2D eigenvalue weighted by atomic mass is 32.2. The third-order valence-corrected chi connectivity index (χ3v) is 7.97. The number of hydrogen-bond acceptors (Lipinski definition) is 9. The fourth-order valence-electron chi connectivity index (χ4n) is 3.99. The Kier molecular flexibility index (Phi) is 8.02. The second kappa shape index (κ2) is 10.3. The van der Waals surface area contributed by atoms with Gasteiger partial charge in [0.05, 0.1) is 33.7 Å². The largest absolute Gasteiger partial charge is 0.395 e. The van der Waals surface area contributed by atoms with Crippen LogP contribution in [0.4, 0.5) is 5.69 Å². The Labute approximate surface area is 185 Å². The molecule has 0 amide bonds. The minimum absolute atomic E-state index is 0.00788. The Morgan fingerprint density at radius 2 is 2.03 bits per heavy atom. The van der Waals surface area contributed by atoms with Gasteiger partial charge in [0.2, 0.25) is 10.0 Å². The lowest BCUT2D eigenvalue weighted by Gasteiger charge is -2.37. The zero-order valence-corrected chi connectivity index (χ0v) is 19.0. The molecule has 3 rings (SSSR count). The van der Waals surface area contributed by atoms with Gasteiger partial charge in [-0.3, -0.25) is 14.5 Å². The summed E-state index contributed by atoms with van der Waals surface area (Å²) >= 11 is 0. The van der Waals surface area contributed by atoms with Crippen molar-refractivity contribution in [2.45, 2.75) is 22.3 Å². The van der Waals surface area contributed by atoms with Crippen LogP contribution < -0.4 is 26.4 Å². The first kappa shape index (κ1) is 24.0. The van der Waals surface area contributed by atoms with Gasteiger partial charge in [0, 0.05) is 51.0 Å². The molecule has 11 nitrogen and oxygen atoms in total. The standard InChI is InChI=1S/C18H31N7O4S2/c19-18(20)16-14(25-7-5-24(6-8-25)9-10-26)1-2-15(17(16)31(21,28)29)30(27)12-23-13-3-4-22-11-13/h1-2,13,22-23,26H,3-12H2,(H3,19,20)(H2,21,28,29)/t13-,30?/m1/s1. The maximum absolute atomic E-state index is 13.0. The summed E-state index contributed by atoms with van der Waals surface area (Å²) in [6, 6.07) is 3.34. The number of nitrogens with one attached hydrogen (secondary N) is 3. The summed E-state index contributed by atoms with van der Waals surface area (Å²) in [5.74, 6) is -0.366. The number of nitrogens with two attached hydrogens (primary N) is 2. The first-order valence-corrected chi connectivity index (χ1v) is 13.0. The number of primary sulfonamides is 1. The van der Waals surface area contributed by atoms with Crippen LogP contribution in [0.5, 0.6) is 0 Å². The van der Waals surface area contributed by atoms with Gasteiger partial charge in [0.1, 0.15) is 10.7 Å². The normalized spacial score (nSPS) is 21.4. The van der Waals surface area contributed by atoms with Gasteiger partial charge in [0.15, 0.2) is 0 Å². The number of anilines is 1. The van der Waals surface area contributed by atoms with Crippen LogP contribution in [-0.2, 0) is 20.8 Å². The van der Waals surface area contributed by atoms with Crippen molar-refractivity contribution in [2.75, 3.05) is 63.2 Å². The van der Waals surface area contributed by atoms with Gasteiger partial charge < -0.3 is 26.4 Å². The van der Waals surface area contributed by atoms with Crippen LogP contribution in [-0.4, -0.2) is 92.8 Å². The summed E-state index contributed by atoms with van der Waals surface area (Å²) in [6.07, 6.45) is 0.902. The van der Waals surface area contributed by atoms with Gasteiger partial charge in [-0.25, -0.2) is 13.6 Å². The number of β-amino-alcohol motifs (C(OH)–C–C–N with tert-alkyl or cyclic N) is 1. The van der Waals surface area contributed by atoms with Gasteiger partial charge in [-0.05, 0) is 25.1 Å². The Bertz CT molecular complexity index is 927. The molecule has 0 bridgehead atoms. The smallest absolute Gasteiger partial charge is 0.240 e. The highest BCUT2D eigenvalue weighted by Crippen LogP contribution is 2.32. The Morgan fingerprint density at radius 3 is 2.58 bits per heavy atom. The number of benzene rings is 1. The van der Waals surface area contributed by atoms with Crippen LogP contribution in [0, 0.1) is 5.41 Å². The van der Waals surface area contributed by atoms with Crippen molar-refractivity contribution >= 4 is 32.3 Å². The van der Waals surface area contributed by atoms with Crippen LogP contribution in [0.3, 0.4) is 0 Å². The van der Waals surface area contributed by atoms with Crippen LogP contribution >= 0.6 is 0 Å². The molecular formula is C18H31N7O4S2. The number of piperazine rings is 1. The summed E-state index contributed by atoms with van der Waals surface area (Å²) in [7, 11) is -5.99. The lowest BCUT2D eigenvalue weighted by molar-refractivity contribution is 0.189. The molecule has 2 atom stereocenters. The lowest BCUT2D eigenvalue weighted by Crippen LogP contribution is -2.47. The van der Waals surface area contributed by atoms with Crippen LogP contribution in [0.15, 0.2) is 21.9 Å². The molecule has 0 aliphatic carbocycles. The van der Waals surface area contributed by atoms with E-state index in [1.165, 1.54) is 6.07 Å². The van der Waals surface area contributed by atoms with Crippen molar-refractivity contribution in [3.63, 3.8) is 0 Å². The molecule has 1 aromatic rings. The molecule has 1 aromatic carbocycles. The number of aliphatic hydroxyl groups excluding tert-OH is 1. The monoisotopic (exact) mass is 473 g/mol. The van der Waals surface area contributed by atoms with Crippen molar-refractivity contribution in [3.8, 4) is 0 Å². The molecule has 2 aliphatic rings. The molecule has 0 aromatic heterocycles. The second-order valence-electron chi connectivity index (χ2n) is 7.68. The topological polar surface area (TPSA) is 178 Å². The minimum atomic E-state index is -4.30. The van der Waals surface area contributed by atoms with E-state index in [1.807, 2.05) is 4.90 Å². The van der Waals surface area contributed by atoms with Gasteiger partial charge in [-0.15, -0.1) is 0 Å². The van der Waals surface area contributed by atoms with Crippen LogP contribution in [0.25, 0.3) is 0 Å². The maximum atomic E-state index is 13.0. The molecule has 2 fully saturated rings. The summed E-state index contributed by atoms with van der Waals surface area (Å²) < 4.78 is 38.0. The highest BCUT2D eigenvalue weighted by Gasteiger charge is 2.30. The molecule has 1 unspecified atom stereocenters. The van der Waals surface area contributed by atoms with Crippen LogP contribution in [0.2, 0.25) is 0 Å². The average Bonchev–Trinajstić information content (AvgIpc) is 3.25. The molecule has 8 N–H and O–H groups in total. The van der Waals surface area contributed by atoms with Gasteiger partial charge in [-0.1, -0.05) is 0 Å². The Morgan fingerprint density at radius 1 is 1.32 bits per heavy atom. The fourth-order valence-corrected chi connectivity index (χ4v) is 6.54. The number of rotatable bonds is 9. The van der Waals surface area contributed by atoms with Gasteiger partial charge in [-0.2, -0.15) is 0 Å². The zero-order valence-electron chi connectivity index (χ0n) is 17.3. The molecule has 0 radical (unpaired) electrons. The van der Waals surface area contributed by atoms with E-state index in [-0.39, 0.29) is 33.9 Å². The predicted octanol–water partition coefficient (Wildman–Crippen LogP) is -2.25. The summed E-state index contributed by atoms with van der Waals surface area (Å²) in [6.45, 7) is 4.77. The molecule has 31 heavy (non-hydrogen) atoms. The third-order valence-electron chi connectivity index (χ3n) is 5.59. The lowest BCUT2D eigenvalue weighted by atomic mass is 10.1. The third kappa shape index (κ3) is 5.80. The van der Waals surface area contributed by atoms with E-state index in [9.17, 15) is 12.6 Å². The van der Waals surface area contributed by atoms with Gasteiger partial charge >= 0.3 is 0 Å². The van der Waals surface area contributed by atoms with Gasteiger partial charge in [0.25, 0.3) is 0 Å². The average molecular weight is 474 g/mol. The fraction of sp³-hybridized carbons (Fsp3) is 0.611. The highest BCUT2D eigenvalue weighted by molar-refractivity contribution is 7.91. The zero-order chi connectivity index (χ0) is 22.6. The van der Waals surface area contributed by atoms with Crippen molar-refractivity contribution < 1.29 is 17.7 Å². The number of hydrogen-bond donors (Lipinski definition) is 6. The second-order valence-corrected chi connectivity index (χ2v) is 10.6. The van der Waals surface area contributed by atoms with Crippen molar-refractivity contribution in [1.29, 1.82) is 5.41 Å². The maximum Gasteiger partial charge on any atom is 0.240 e. The first-order valence-electron chi connectivity index (χ1n) is 10.2. The van der Waals surface area contributed by atoms with E-state index in [4.69, 9.17) is 21.4 Å².